The van der Waals surface area contributed by atoms with Crippen LogP contribution in [0.2, 0.25) is 5.02 Å². The van der Waals surface area contributed by atoms with Gasteiger partial charge in [0.15, 0.2) is 11.0 Å². The molecule has 0 fully saturated rings. The van der Waals surface area contributed by atoms with E-state index in [9.17, 15) is 9.18 Å². The molecule has 0 saturated carbocycles. The molecule has 6 nitrogen and oxygen atoms in total. The van der Waals surface area contributed by atoms with Crippen LogP contribution in [-0.4, -0.2) is 33.1 Å². The lowest BCUT2D eigenvalue weighted by Gasteiger charge is -2.09. The maximum Gasteiger partial charge on any atom is 0.316 e. The van der Waals surface area contributed by atoms with Crippen LogP contribution in [0, 0.1) is 5.82 Å². The molecule has 9 heteroatoms. The van der Waals surface area contributed by atoms with Crippen LogP contribution < -0.4 is 4.74 Å². The summed E-state index contributed by atoms with van der Waals surface area (Å²) >= 11 is 6.95. The quantitative estimate of drug-likeness (QED) is 0.374. The van der Waals surface area contributed by atoms with Gasteiger partial charge in [-0.05, 0) is 19.1 Å². The molecule has 1 aromatic heterocycles. The van der Waals surface area contributed by atoms with Gasteiger partial charge in [0.2, 0.25) is 0 Å². The normalized spacial score (nSPS) is 10.5. The Labute approximate surface area is 154 Å². The second-order valence-corrected chi connectivity index (χ2v) is 6.11. The van der Waals surface area contributed by atoms with Crippen LogP contribution in [0.1, 0.15) is 12.7 Å². The molecular formula is C16H17ClFN3O3S. The van der Waals surface area contributed by atoms with Gasteiger partial charge < -0.3 is 9.47 Å². The number of ether oxygens (including phenoxy) is 2. The van der Waals surface area contributed by atoms with Crippen molar-refractivity contribution in [2.45, 2.75) is 25.2 Å². The fourth-order valence-electron chi connectivity index (χ4n) is 1.89. The summed E-state index contributed by atoms with van der Waals surface area (Å²) in [7, 11) is 0. The number of esters is 1. The number of carbonyl (C=O) groups is 1. The molecule has 0 aliphatic heterocycles. The molecule has 2 rings (SSSR count). The molecule has 0 N–H and O–H groups in total. The van der Waals surface area contributed by atoms with Gasteiger partial charge in [-0.3, -0.25) is 9.36 Å². The number of hydrogen-bond donors (Lipinski definition) is 0. The summed E-state index contributed by atoms with van der Waals surface area (Å²) in [4.78, 5) is 11.5. The van der Waals surface area contributed by atoms with Crippen molar-refractivity contribution >= 4 is 29.3 Å². The van der Waals surface area contributed by atoms with Crippen LogP contribution in [0.25, 0.3) is 0 Å². The first-order chi connectivity index (χ1) is 12.0. The van der Waals surface area contributed by atoms with Crippen LogP contribution in [0.3, 0.4) is 0 Å². The highest BCUT2D eigenvalue weighted by atomic mass is 35.5. The second-order valence-electron chi connectivity index (χ2n) is 4.76. The van der Waals surface area contributed by atoms with Crippen molar-refractivity contribution in [1.82, 2.24) is 14.8 Å². The van der Waals surface area contributed by atoms with E-state index in [1.165, 1.54) is 30.0 Å². The Balaban J connectivity index is 2.05. The van der Waals surface area contributed by atoms with E-state index in [0.29, 0.717) is 29.9 Å². The third-order valence-electron chi connectivity index (χ3n) is 2.99. The average molecular weight is 386 g/mol. The van der Waals surface area contributed by atoms with E-state index < -0.39 is 5.82 Å². The molecule has 1 aromatic carbocycles. The molecule has 0 amide bonds. The third kappa shape index (κ3) is 5.47. The van der Waals surface area contributed by atoms with Crippen LogP contribution >= 0.6 is 23.4 Å². The Morgan fingerprint density at radius 1 is 1.48 bits per heavy atom. The van der Waals surface area contributed by atoms with Crippen molar-refractivity contribution in [3.05, 3.63) is 47.5 Å². The minimum atomic E-state index is -0.513. The lowest BCUT2D eigenvalue weighted by atomic mass is 10.3. The Hall–Kier alpha value is -2.06. The number of benzene rings is 1. The van der Waals surface area contributed by atoms with Gasteiger partial charge in [0.1, 0.15) is 18.2 Å². The smallest absolute Gasteiger partial charge is 0.316 e. The van der Waals surface area contributed by atoms with Crippen LogP contribution in [0.5, 0.6) is 5.75 Å². The summed E-state index contributed by atoms with van der Waals surface area (Å²) in [6.45, 7) is 6.36. The zero-order valence-corrected chi connectivity index (χ0v) is 15.1. The maximum absolute atomic E-state index is 13.2. The standard InChI is InChI=1S/C16H17ClFN3O3S/c1-3-7-21-14(9-24-11-5-6-13(18)12(17)8-11)19-20-16(21)25-10-15(22)23-4-2/h3,5-6,8H,1,4,7,9-10H2,2H3. The van der Waals surface area contributed by atoms with Crippen molar-refractivity contribution in [1.29, 1.82) is 0 Å². The van der Waals surface area contributed by atoms with E-state index in [-0.39, 0.29) is 23.4 Å². The van der Waals surface area contributed by atoms with Gasteiger partial charge in [-0.25, -0.2) is 4.39 Å². The van der Waals surface area contributed by atoms with Crippen molar-refractivity contribution in [2.75, 3.05) is 12.4 Å². The largest absolute Gasteiger partial charge is 0.486 e. The Morgan fingerprint density at radius 2 is 2.28 bits per heavy atom. The predicted molar refractivity (Wildman–Crippen MR) is 93.3 cm³/mol. The van der Waals surface area contributed by atoms with E-state index in [4.69, 9.17) is 21.1 Å². The summed E-state index contributed by atoms with van der Waals surface area (Å²) in [5.41, 5.74) is 0. The zero-order chi connectivity index (χ0) is 18.2. The average Bonchev–Trinajstić information content (AvgIpc) is 2.97. The van der Waals surface area contributed by atoms with E-state index >= 15 is 0 Å². The van der Waals surface area contributed by atoms with Gasteiger partial charge in [-0.2, -0.15) is 0 Å². The number of rotatable bonds is 9. The maximum atomic E-state index is 13.2. The van der Waals surface area contributed by atoms with Gasteiger partial charge in [0.25, 0.3) is 0 Å². The third-order valence-corrected chi connectivity index (χ3v) is 4.22. The number of allylic oxidation sites excluding steroid dienone is 1. The highest BCUT2D eigenvalue weighted by Gasteiger charge is 2.14. The minimum Gasteiger partial charge on any atom is -0.486 e. The molecule has 0 radical (unpaired) electrons. The van der Waals surface area contributed by atoms with Crippen molar-refractivity contribution < 1.29 is 18.7 Å². The minimum absolute atomic E-state index is 0.0178. The van der Waals surface area contributed by atoms with E-state index in [1.54, 1.807) is 17.6 Å². The highest BCUT2D eigenvalue weighted by Crippen LogP contribution is 2.23. The number of nitrogens with zero attached hydrogens (tertiary/aromatic N) is 3. The number of thioether (sulfide) groups is 1. The highest BCUT2D eigenvalue weighted by molar-refractivity contribution is 7.99. The molecule has 1 heterocycles. The van der Waals surface area contributed by atoms with Gasteiger partial charge >= 0.3 is 5.97 Å². The number of hydrogen-bond acceptors (Lipinski definition) is 6. The SMILES string of the molecule is C=CCn1c(COc2ccc(F)c(Cl)c2)nnc1SCC(=O)OCC. The second kappa shape index (κ2) is 9.43. The summed E-state index contributed by atoms with van der Waals surface area (Å²) in [5.74, 6) is 0.269. The molecule has 2 aromatic rings. The van der Waals surface area contributed by atoms with E-state index in [0.717, 1.165) is 0 Å². The summed E-state index contributed by atoms with van der Waals surface area (Å²) < 4.78 is 25.4. The molecule has 25 heavy (non-hydrogen) atoms. The molecular weight excluding hydrogens is 369 g/mol. The molecule has 0 unspecified atom stereocenters. The Morgan fingerprint density at radius 3 is 2.96 bits per heavy atom. The summed E-state index contributed by atoms with van der Waals surface area (Å²) in [5, 5.41) is 8.68. The molecule has 0 spiro atoms. The number of carbonyl (C=O) groups excluding carboxylic acids is 1. The van der Waals surface area contributed by atoms with E-state index in [1.807, 2.05) is 0 Å². The fourth-order valence-corrected chi connectivity index (χ4v) is 2.82. The summed E-state index contributed by atoms with van der Waals surface area (Å²) in [6.07, 6.45) is 1.69. The monoisotopic (exact) mass is 385 g/mol. The first kappa shape index (κ1) is 19.3. The van der Waals surface area contributed by atoms with Crippen molar-refractivity contribution in [3.8, 4) is 5.75 Å². The topological polar surface area (TPSA) is 66.2 Å². The molecule has 0 aliphatic rings. The zero-order valence-electron chi connectivity index (χ0n) is 13.6. The van der Waals surface area contributed by atoms with Crippen molar-refractivity contribution in [3.63, 3.8) is 0 Å². The summed E-state index contributed by atoms with van der Waals surface area (Å²) in [6, 6.07) is 4.10. The van der Waals surface area contributed by atoms with Crippen LogP contribution in [0.4, 0.5) is 4.39 Å². The van der Waals surface area contributed by atoms with Crippen LogP contribution in [-0.2, 0) is 22.7 Å². The Kier molecular flexibility index (Phi) is 7.27. The van der Waals surface area contributed by atoms with E-state index in [2.05, 4.69) is 16.8 Å². The molecule has 0 atom stereocenters. The first-order valence-electron chi connectivity index (χ1n) is 7.44. The van der Waals surface area contributed by atoms with Gasteiger partial charge in [-0.15, -0.1) is 16.8 Å². The van der Waals surface area contributed by atoms with Crippen LogP contribution in [0.15, 0.2) is 36.0 Å². The first-order valence-corrected chi connectivity index (χ1v) is 8.80. The lowest BCUT2D eigenvalue weighted by molar-refractivity contribution is -0.139. The van der Waals surface area contributed by atoms with Gasteiger partial charge in [0, 0.05) is 12.6 Å². The number of aromatic nitrogens is 3. The van der Waals surface area contributed by atoms with Crippen molar-refractivity contribution in [2.24, 2.45) is 0 Å². The van der Waals surface area contributed by atoms with Gasteiger partial charge in [-0.1, -0.05) is 29.4 Å². The number of halogens is 2. The predicted octanol–water partition coefficient (Wildman–Crippen LogP) is 3.49. The Bertz CT molecular complexity index is 754. The molecule has 0 aliphatic carbocycles. The fraction of sp³-hybridized carbons (Fsp3) is 0.312. The van der Waals surface area contributed by atoms with Gasteiger partial charge in [0.05, 0.1) is 17.4 Å². The molecule has 0 saturated heterocycles. The lowest BCUT2D eigenvalue weighted by Crippen LogP contribution is -2.10. The molecule has 134 valence electrons. The molecule has 0 bridgehead atoms.